The fourth-order valence-corrected chi connectivity index (χ4v) is 3.03. The lowest BCUT2D eigenvalue weighted by Crippen LogP contribution is -2.45. The van der Waals surface area contributed by atoms with Crippen LogP contribution in [-0.2, 0) is 0 Å². The van der Waals surface area contributed by atoms with Gasteiger partial charge in [0.2, 0.25) is 0 Å². The Morgan fingerprint density at radius 1 is 1.10 bits per heavy atom. The zero-order valence-corrected chi connectivity index (χ0v) is 15.2. The second-order valence-corrected chi connectivity index (χ2v) is 6.20. The SMILES string of the molecule is CC(C)CC[C@H](c1ccccc1Cl)N1CCNCC1.Cl.Cl. The summed E-state index contributed by atoms with van der Waals surface area (Å²) in [4.78, 5) is 2.58. The molecule has 0 amide bonds. The Balaban J connectivity index is 0.00000200. The summed E-state index contributed by atoms with van der Waals surface area (Å²) < 4.78 is 0. The van der Waals surface area contributed by atoms with E-state index in [9.17, 15) is 0 Å². The summed E-state index contributed by atoms with van der Waals surface area (Å²) in [7, 11) is 0. The first-order valence-electron chi connectivity index (χ1n) is 7.37. The minimum absolute atomic E-state index is 0. The largest absolute Gasteiger partial charge is 0.314 e. The molecule has 1 saturated heterocycles. The molecular formula is C16H27Cl3N2. The summed E-state index contributed by atoms with van der Waals surface area (Å²) in [5, 5.41) is 4.34. The maximum absolute atomic E-state index is 6.41. The van der Waals surface area contributed by atoms with Gasteiger partial charge in [-0.3, -0.25) is 4.90 Å². The highest BCUT2D eigenvalue weighted by Gasteiger charge is 2.23. The Labute approximate surface area is 146 Å². The van der Waals surface area contributed by atoms with Gasteiger partial charge >= 0.3 is 0 Å². The van der Waals surface area contributed by atoms with Gasteiger partial charge in [0.05, 0.1) is 0 Å². The number of halogens is 3. The van der Waals surface area contributed by atoms with Crippen LogP contribution >= 0.6 is 36.4 Å². The van der Waals surface area contributed by atoms with Crippen LogP contribution in [0.5, 0.6) is 0 Å². The van der Waals surface area contributed by atoms with Crippen LogP contribution in [0.25, 0.3) is 0 Å². The van der Waals surface area contributed by atoms with Crippen LogP contribution in [0.2, 0.25) is 5.02 Å². The van der Waals surface area contributed by atoms with Gasteiger partial charge in [0.25, 0.3) is 0 Å². The van der Waals surface area contributed by atoms with Crippen LogP contribution in [0.3, 0.4) is 0 Å². The van der Waals surface area contributed by atoms with Crippen LogP contribution in [0, 0.1) is 5.92 Å². The maximum atomic E-state index is 6.41. The van der Waals surface area contributed by atoms with Gasteiger partial charge in [-0.2, -0.15) is 0 Å². The summed E-state index contributed by atoms with van der Waals surface area (Å²) in [5.74, 6) is 0.743. The molecule has 1 aromatic carbocycles. The number of hydrogen-bond acceptors (Lipinski definition) is 2. The Bertz CT molecular complexity index is 393. The molecule has 1 aliphatic heterocycles. The first-order valence-corrected chi connectivity index (χ1v) is 7.75. The molecule has 0 radical (unpaired) electrons. The molecule has 0 saturated carbocycles. The molecule has 5 heteroatoms. The van der Waals surface area contributed by atoms with Crippen LogP contribution in [-0.4, -0.2) is 31.1 Å². The average molecular weight is 354 g/mol. The number of hydrogen-bond donors (Lipinski definition) is 1. The Hall–Kier alpha value is 0.01000. The van der Waals surface area contributed by atoms with E-state index in [0.717, 1.165) is 37.1 Å². The zero-order valence-electron chi connectivity index (χ0n) is 12.8. The van der Waals surface area contributed by atoms with Crippen LogP contribution in [0.1, 0.15) is 38.3 Å². The molecule has 0 aliphatic carbocycles. The van der Waals surface area contributed by atoms with E-state index in [1.807, 2.05) is 12.1 Å². The standard InChI is InChI=1S/C16H25ClN2.2ClH/c1-13(2)7-8-16(19-11-9-18-10-12-19)14-5-3-4-6-15(14)17;;/h3-6,13,16,18H,7-12H2,1-2H3;2*1H/t16-;;/m1../s1. The monoisotopic (exact) mass is 352 g/mol. The number of rotatable bonds is 5. The van der Waals surface area contributed by atoms with Crippen molar-refractivity contribution in [3.05, 3.63) is 34.9 Å². The molecule has 21 heavy (non-hydrogen) atoms. The molecular weight excluding hydrogens is 327 g/mol. The quantitative estimate of drug-likeness (QED) is 0.834. The van der Waals surface area contributed by atoms with Gasteiger partial charge in [0.1, 0.15) is 0 Å². The minimum Gasteiger partial charge on any atom is -0.314 e. The van der Waals surface area contributed by atoms with E-state index in [0.29, 0.717) is 6.04 Å². The third-order valence-corrected chi connectivity index (χ3v) is 4.22. The zero-order chi connectivity index (χ0) is 13.7. The van der Waals surface area contributed by atoms with E-state index in [1.54, 1.807) is 0 Å². The van der Waals surface area contributed by atoms with Crippen molar-refractivity contribution >= 4 is 36.4 Å². The summed E-state index contributed by atoms with van der Waals surface area (Å²) in [6.45, 7) is 9.00. The van der Waals surface area contributed by atoms with Gasteiger partial charge in [-0.05, 0) is 30.4 Å². The van der Waals surface area contributed by atoms with Gasteiger partial charge in [-0.1, -0.05) is 43.6 Å². The lowest BCUT2D eigenvalue weighted by atomic mass is 9.95. The molecule has 0 aromatic heterocycles. The molecule has 1 atom stereocenters. The van der Waals surface area contributed by atoms with Gasteiger partial charge in [0.15, 0.2) is 0 Å². The third kappa shape index (κ3) is 6.33. The van der Waals surface area contributed by atoms with Crippen LogP contribution < -0.4 is 5.32 Å². The summed E-state index contributed by atoms with van der Waals surface area (Å²) in [6.07, 6.45) is 2.45. The topological polar surface area (TPSA) is 15.3 Å². The van der Waals surface area contributed by atoms with E-state index in [2.05, 4.69) is 36.2 Å². The Morgan fingerprint density at radius 2 is 1.71 bits per heavy atom. The highest BCUT2D eigenvalue weighted by atomic mass is 35.5. The molecule has 1 fully saturated rings. The smallest absolute Gasteiger partial charge is 0.0453 e. The molecule has 1 aromatic rings. The van der Waals surface area contributed by atoms with E-state index in [1.165, 1.54) is 18.4 Å². The molecule has 0 spiro atoms. The molecule has 2 rings (SSSR count). The fraction of sp³-hybridized carbons (Fsp3) is 0.625. The van der Waals surface area contributed by atoms with Crippen molar-refractivity contribution in [2.24, 2.45) is 5.92 Å². The minimum atomic E-state index is 0. The maximum Gasteiger partial charge on any atom is 0.0453 e. The van der Waals surface area contributed by atoms with Gasteiger partial charge < -0.3 is 5.32 Å². The second-order valence-electron chi connectivity index (χ2n) is 5.79. The fourth-order valence-electron chi connectivity index (χ4n) is 2.77. The molecule has 0 bridgehead atoms. The van der Waals surface area contributed by atoms with Crippen molar-refractivity contribution in [2.45, 2.75) is 32.7 Å². The van der Waals surface area contributed by atoms with Crippen LogP contribution in [0.15, 0.2) is 24.3 Å². The van der Waals surface area contributed by atoms with Crippen molar-refractivity contribution < 1.29 is 0 Å². The van der Waals surface area contributed by atoms with Crippen molar-refractivity contribution in [2.75, 3.05) is 26.2 Å². The highest BCUT2D eigenvalue weighted by Crippen LogP contribution is 2.32. The number of nitrogens with one attached hydrogen (secondary N) is 1. The number of piperazine rings is 1. The average Bonchev–Trinajstić information content (AvgIpc) is 2.42. The van der Waals surface area contributed by atoms with Crippen LogP contribution in [0.4, 0.5) is 0 Å². The lowest BCUT2D eigenvalue weighted by molar-refractivity contribution is 0.160. The highest BCUT2D eigenvalue weighted by molar-refractivity contribution is 6.31. The normalized spacial score (nSPS) is 17.0. The molecule has 1 heterocycles. The molecule has 2 nitrogen and oxygen atoms in total. The summed E-state index contributed by atoms with van der Waals surface area (Å²) in [5.41, 5.74) is 1.30. The van der Waals surface area contributed by atoms with E-state index in [-0.39, 0.29) is 24.8 Å². The first-order chi connectivity index (χ1) is 9.18. The molecule has 1 aliphatic rings. The van der Waals surface area contributed by atoms with E-state index < -0.39 is 0 Å². The van der Waals surface area contributed by atoms with Crippen molar-refractivity contribution in [1.29, 1.82) is 0 Å². The second kappa shape index (κ2) is 10.7. The Kier molecular flexibility index (Phi) is 10.7. The predicted molar refractivity (Wildman–Crippen MR) is 97.2 cm³/mol. The van der Waals surface area contributed by atoms with E-state index >= 15 is 0 Å². The van der Waals surface area contributed by atoms with Crippen molar-refractivity contribution in [1.82, 2.24) is 10.2 Å². The number of nitrogens with zero attached hydrogens (tertiary/aromatic N) is 1. The van der Waals surface area contributed by atoms with Crippen molar-refractivity contribution in [3.63, 3.8) is 0 Å². The molecule has 1 N–H and O–H groups in total. The summed E-state index contributed by atoms with van der Waals surface area (Å²) in [6, 6.07) is 8.80. The third-order valence-electron chi connectivity index (χ3n) is 3.87. The molecule has 0 unspecified atom stereocenters. The predicted octanol–water partition coefficient (Wildman–Crippen LogP) is 4.57. The van der Waals surface area contributed by atoms with E-state index in [4.69, 9.17) is 11.6 Å². The van der Waals surface area contributed by atoms with Gasteiger partial charge in [0, 0.05) is 37.2 Å². The lowest BCUT2D eigenvalue weighted by Gasteiger charge is -2.36. The summed E-state index contributed by atoms with van der Waals surface area (Å²) >= 11 is 6.41. The van der Waals surface area contributed by atoms with Crippen molar-refractivity contribution in [3.8, 4) is 0 Å². The molecule has 122 valence electrons. The first kappa shape index (κ1) is 21.0. The van der Waals surface area contributed by atoms with Gasteiger partial charge in [-0.25, -0.2) is 0 Å². The van der Waals surface area contributed by atoms with Gasteiger partial charge in [-0.15, -0.1) is 24.8 Å². The number of benzene rings is 1. The Morgan fingerprint density at radius 3 is 2.29 bits per heavy atom.